The van der Waals surface area contributed by atoms with Gasteiger partial charge in [0, 0.05) is 30.6 Å². The van der Waals surface area contributed by atoms with Crippen molar-refractivity contribution in [1.82, 2.24) is 24.3 Å². The summed E-state index contributed by atoms with van der Waals surface area (Å²) >= 11 is 0.385. The lowest BCUT2D eigenvalue weighted by molar-refractivity contribution is -0.138. The van der Waals surface area contributed by atoms with Crippen molar-refractivity contribution in [2.45, 2.75) is 80.2 Å². The highest BCUT2D eigenvalue weighted by Crippen LogP contribution is 2.48. The van der Waals surface area contributed by atoms with Crippen LogP contribution in [-0.2, 0) is 20.9 Å². The Labute approximate surface area is 243 Å². The molecule has 3 aromatic heterocycles. The van der Waals surface area contributed by atoms with E-state index in [-0.39, 0.29) is 27.6 Å². The molecular formula is C26H30F4N6O4S2. The van der Waals surface area contributed by atoms with Gasteiger partial charge < -0.3 is 14.7 Å². The monoisotopic (exact) mass is 630 g/mol. The first kappa shape index (κ1) is 28.4. The fourth-order valence-electron chi connectivity index (χ4n) is 6.15. The van der Waals surface area contributed by atoms with Gasteiger partial charge in [0.2, 0.25) is 15.0 Å². The number of sulfonamides is 1. The van der Waals surface area contributed by atoms with E-state index in [2.05, 4.69) is 14.9 Å². The first-order valence-electron chi connectivity index (χ1n) is 14.0. The molecule has 10 nitrogen and oxygen atoms in total. The summed E-state index contributed by atoms with van der Waals surface area (Å²) in [6.07, 6.45) is -0.706. The number of ether oxygens (including phenoxy) is 1. The number of fused-ring (bicyclic) bond motifs is 1. The molecule has 0 bridgehead atoms. The van der Waals surface area contributed by atoms with Gasteiger partial charge >= 0.3 is 6.18 Å². The number of rotatable bonds is 7. The minimum absolute atomic E-state index is 0.00216. The third-order valence-electron chi connectivity index (χ3n) is 9.11. The maximum Gasteiger partial charge on any atom is 0.445 e. The number of hydrogen-bond acceptors (Lipinski definition) is 9. The summed E-state index contributed by atoms with van der Waals surface area (Å²) in [6.45, 7) is 2.38. The van der Waals surface area contributed by atoms with Gasteiger partial charge in [-0.25, -0.2) is 22.5 Å². The standard InChI is InChI=1S/C26H30F4N6O4S2/c1-14-20(37)24(13-40-14)6-8-35(9-7-24)17-10-16(42(38,39)34-25(12-27)4-5-25)11-36-19(18(15-2-3-15)31-21(17)36)22-32-33-23(41-22)26(28,29)30/h10-11,14-15,20,34,37H,2-9,12-13H2,1H3/t14-,20?/m1/s1. The Balaban J connectivity index is 1.36. The second kappa shape index (κ2) is 9.55. The Morgan fingerprint density at radius 3 is 2.45 bits per heavy atom. The van der Waals surface area contributed by atoms with Gasteiger partial charge in [-0.15, -0.1) is 10.2 Å². The number of imidazole rings is 1. The molecule has 228 valence electrons. The molecule has 2 saturated heterocycles. The van der Waals surface area contributed by atoms with Gasteiger partial charge in [0.1, 0.15) is 17.3 Å². The third-order valence-corrected chi connectivity index (χ3v) is 11.6. The molecule has 3 aromatic rings. The molecule has 5 heterocycles. The molecule has 2 N–H and O–H groups in total. The quantitative estimate of drug-likeness (QED) is 0.377. The van der Waals surface area contributed by atoms with Crippen LogP contribution in [0.25, 0.3) is 16.3 Å². The molecule has 4 fully saturated rings. The van der Waals surface area contributed by atoms with Crippen LogP contribution in [0.4, 0.5) is 23.2 Å². The summed E-state index contributed by atoms with van der Waals surface area (Å²) in [5.41, 5.74) is 0.178. The molecule has 42 heavy (non-hydrogen) atoms. The fraction of sp³-hybridized carbons (Fsp3) is 0.654. The minimum Gasteiger partial charge on any atom is -0.390 e. The average Bonchev–Trinajstić information content (AvgIpc) is 3.83. The number of anilines is 1. The summed E-state index contributed by atoms with van der Waals surface area (Å²) < 4.78 is 91.0. The number of aliphatic hydroxyl groups is 1. The highest BCUT2D eigenvalue weighted by atomic mass is 32.2. The van der Waals surface area contributed by atoms with Crippen molar-refractivity contribution < 1.29 is 35.8 Å². The van der Waals surface area contributed by atoms with Crippen molar-refractivity contribution in [3.05, 3.63) is 23.0 Å². The zero-order valence-corrected chi connectivity index (χ0v) is 24.3. The molecule has 2 atom stereocenters. The van der Waals surface area contributed by atoms with Gasteiger partial charge in [-0.3, -0.25) is 4.40 Å². The highest BCUT2D eigenvalue weighted by molar-refractivity contribution is 7.89. The van der Waals surface area contributed by atoms with E-state index in [9.17, 15) is 31.1 Å². The molecule has 2 aliphatic carbocycles. The Morgan fingerprint density at radius 2 is 1.90 bits per heavy atom. The molecule has 0 aromatic carbocycles. The zero-order valence-electron chi connectivity index (χ0n) is 22.7. The van der Waals surface area contributed by atoms with Gasteiger partial charge in [0.15, 0.2) is 10.7 Å². The molecule has 16 heteroatoms. The van der Waals surface area contributed by atoms with Crippen LogP contribution in [0, 0.1) is 5.41 Å². The topological polar surface area (TPSA) is 122 Å². The summed E-state index contributed by atoms with van der Waals surface area (Å²) in [7, 11) is -4.21. The first-order chi connectivity index (χ1) is 19.8. The zero-order chi connectivity index (χ0) is 29.7. The van der Waals surface area contributed by atoms with Crippen LogP contribution in [0.3, 0.4) is 0 Å². The van der Waals surface area contributed by atoms with E-state index in [1.54, 1.807) is 0 Å². The van der Waals surface area contributed by atoms with E-state index in [1.807, 2.05) is 11.8 Å². The van der Waals surface area contributed by atoms with E-state index >= 15 is 0 Å². The largest absolute Gasteiger partial charge is 0.445 e. The second-order valence-corrected chi connectivity index (χ2v) is 14.8. The lowest BCUT2D eigenvalue weighted by Crippen LogP contribution is -2.47. The summed E-state index contributed by atoms with van der Waals surface area (Å²) in [6, 6.07) is 1.50. The summed E-state index contributed by atoms with van der Waals surface area (Å²) in [5, 5.41) is 16.9. The van der Waals surface area contributed by atoms with Crippen molar-refractivity contribution >= 4 is 32.7 Å². The lowest BCUT2D eigenvalue weighted by atomic mass is 9.74. The Morgan fingerprint density at radius 1 is 1.19 bits per heavy atom. The second-order valence-electron chi connectivity index (χ2n) is 12.1. The number of halogens is 4. The molecule has 7 rings (SSSR count). The molecule has 0 amide bonds. The molecule has 1 unspecified atom stereocenters. The third kappa shape index (κ3) is 4.69. The number of aromatic nitrogens is 4. The van der Waals surface area contributed by atoms with Crippen molar-refractivity contribution in [3.63, 3.8) is 0 Å². The van der Waals surface area contributed by atoms with E-state index in [4.69, 9.17) is 9.72 Å². The fourth-order valence-corrected chi connectivity index (χ4v) is 8.37. The average molecular weight is 631 g/mol. The Hall–Kier alpha value is -2.40. The number of piperidine rings is 1. The van der Waals surface area contributed by atoms with Crippen LogP contribution >= 0.6 is 11.3 Å². The predicted molar refractivity (Wildman–Crippen MR) is 145 cm³/mol. The molecule has 2 aliphatic heterocycles. The van der Waals surface area contributed by atoms with Crippen LogP contribution in [0.15, 0.2) is 17.2 Å². The van der Waals surface area contributed by atoms with Gasteiger partial charge in [-0.1, -0.05) is 11.3 Å². The van der Waals surface area contributed by atoms with Crippen molar-refractivity contribution in [3.8, 4) is 10.7 Å². The SMILES string of the molecule is C[C@H]1OCC2(CCN(c3cc(S(=O)(=O)NC4(CF)CC4)cn4c(-c5nnc(C(F)(F)F)s5)c(C5CC5)nc34)CC2)C1O. The van der Waals surface area contributed by atoms with Crippen LogP contribution in [0.1, 0.15) is 62.1 Å². The number of pyridine rings is 1. The maximum absolute atomic E-state index is 13.7. The van der Waals surface area contributed by atoms with Crippen LogP contribution in [0.5, 0.6) is 0 Å². The Kier molecular flexibility index (Phi) is 6.45. The number of alkyl halides is 4. The van der Waals surface area contributed by atoms with Gasteiger partial charge in [-0.2, -0.15) is 13.2 Å². The van der Waals surface area contributed by atoms with Crippen molar-refractivity contribution in [2.75, 3.05) is 31.3 Å². The number of nitrogens with one attached hydrogen (secondary N) is 1. The highest BCUT2D eigenvalue weighted by Gasteiger charge is 2.50. The first-order valence-corrected chi connectivity index (χ1v) is 16.3. The van der Waals surface area contributed by atoms with Gasteiger partial charge in [-0.05, 0) is 51.5 Å². The van der Waals surface area contributed by atoms with E-state index < -0.39 is 44.9 Å². The summed E-state index contributed by atoms with van der Waals surface area (Å²) in [4.78, 5) is 6.71. The smallest absolute Gasteiger partial charge is 0.390 e. The number of hydrogen-bond donors (Lipinski definition) is 2. The normalized spacial score (nSPS) is 25.5. The van der Waals surface area contributed by atoms with E-state index in [1.165, 1.54) is 16.7 Å². The molecule has 0 radical (unpaired) electrons. The number of aliphatic hydroxyl groups excluding tert-OH is 1. The summed E-state index contributed by atoms with van der Waals surface area (Å²) in [5.74, 6) is 0.00216. The predicted octanol–water partition coefficient (Wildman–Crippen LogP) is 3.90. The van der Waals surface area contributed by atoms with E-state index in [0.29, 0.717) is 73.7 Å². The van der Waals surface area contributed by atoms with E-state index in [0.717, 1.165) is 12.8 Å². The molecule has 4 aliphatic rings. The molecule has 2 saturated carbocycles. The van der Waals surface area contributed by atoms with Crippen LogP contribution in [0.2, 0.25) is 0 Å². The molecular weight excluding hydrogens is 600 g/mol. The minimum atomic E-state index is -4.68. The number of nitrogens with zero attached hydrogens (tertiary/aromatic N) is 5. The van der Waals surface area contributed by atoms with Crippen molar-refractivity contribution in [1.29, 1.82) is 0 Å². The lowest BCUT2D eigenvalue weighted by Gasteiger charge is -2.41. The maximum atomic E-state index is 13.7. The molecule has 1 spiro atoms. The van der Waals surface area contributed by atoms with Crippen LogP contribution in [-0.4, -0.2) is 77.2 Å². The van der Waals surface area contributed by atoms with Gasteiger partial charge in [0.25, 0.3) is 0 Å². The van der Waals surface area contributed by atoms with Crippen LogP contribution < -0.4 is 9.62 Å². The Bertz CT molecular complexity index is 1640. The van der Waals surface area contributed by atoms with Crippen molar-refractivity contribution in [2.24, 2.45) is 5.41 Å². The van der Waals surface area contributed by atoms with Gasteiger partial charge in [0.05, 0.1) is 35.7 Å².